The Morgan fingerprint density at radius 2 is 1.44 bits per heavy atom. The van der Waals surface area contributed by atoms with Crippen LogP contribution in [-0.2, 0) is 29.2 Å². The summed E-state index contributed by atoms with van der Waals surface area (Å²) < 4.78 is 12.7. The number of carbonyl (C=O) groups excluding carboxylic acids is 2. The molecule has 0 saturated carbocycles. The van der Waals surface area contributed by atoms with Crippen LogP contribution in [0.25, 0.3) is 0 Å². The van der Waals surface area contributed by atoms with Crippen LogP contribution >= 0.6 is 11.6 Å². The number of hydrogen-bond donors (Lipinski definition) is 0. The van der Waals surface area contributed by atoms with Crippen LogP contribution in [0.3, 0.4) is 0 Å². The van der Waals surface area contributed by atoms with E-state index in [2.05, 4.69) is 57.4 Å². The van der Waals surface area contributed by atoms with E-state index >= 15 is 0 Å². The largest absolute Gasteiger partial charge is 0.490 e. The highest BCUT2D eigenvalue weighted by atomic mass is 35.5. The molecule has 0 atom stereocenters. The van der Waals surface area contributed by atoms with Crippen LogP contribution in [0.15, 0.2) is 102 Å². The van der Waals surface area contributed by atoms with Crippen molar-refractivity contribution in [2.75, 3.05) is 6.61 Å². The highest BCUT2D eigenvalue weighted by Crippen LogP contribution is 2.55. The molecule has 0 bridgehead atoms. The van der Waals surface area contributed by atoms with Gasteiger partial charge < -0.3 is 14.4 Å². The van der Waals surface area contributed by atoms with Crippen molar-refractivity contribution in [3.8, 4) is 11.5 Å². The molecule has 48 heavy (non-hydrogen) atoms. The third-order valence-electron chi connectivity index (χ3n) is 9.69. The first-order chi connectivity index (χ1) is 22.9. The Morgan fingerprint density at radius 3 is 2.02 bits per heavy atom. The lowest BCUT2D eigenvalue weighted by Crippen LogP contribution is -2.44. The van der Waals surface area contributed by atoms with Gasteiger partial charge in [0.15, 0.2) is 23.1 Å². The summed E-state index contributed by atoms with van der Waals surface area (Å²) in [5, 5.41) is 0.635. The molecule has 0 spiro atoms. The molecule has 0 unspecified atom stereocenters. The van der Waals surface area contributed by atoms with E-state index in [0.29, 0.717) is 48.9 Å². The molecule has 3 aromatic rings. The van der Waals surface area contributed by atoms with E-state index in [9.17, 15) is 9.59 Å². The third-order valence-corrected chi connectivity index (χ3v) is 10.1. The smallest absolute Gasteiger partial charge is 0.165 e. The lowest BCUT2D eigenvalue weighted by Gasteiger charge is -2.49. The van der Waals surface area contributed by atoms with E-state index in [0.717, 1.165) is 57.6 Å². The number of benzene rings is 3. The van der Waals surface area contributed by atoms with Crippen LogP contribution in [-0.4, -0.2) is 23.1 Å². The van der Waals surface area contributed by atoms with Crippen molar-refractivity contribution in [1.29, 1.82) is 0 Å². The second kappa shape index (κ2) is 13.4. The topological polar surface area (TPSA) is 55.8 Å². The lowest BCUT2D eigenvalue weighted by molar-refractivity contribution is -0.119. The molecular weight excluding hydrogens is 618 g/mol. The fraction of sp³-hybridized carbons (Fsp3) is 0.381. The van der Waals surface area contributed by atoms with Gasteiger partial charge in [0.25, 0.3) is 0 Å². The molecule has 250 valence electrons. The molecule has 0 N–H and O–H groups in total. The van der Waals surface area contributed by atoms with E-state index in [1.54, 1.807) is 0 Å². The summed E-state index contributed by atoms with van der Waals surface area (Å²) in [6.45, 7) is 16.0. The Morgan fingerprint density at radius 1 is 0.833 bits per heavy atom. The predicted octanol–water partition coefficient (Wildman–Crippen LogP) is 9.93. The second-order valence-electron chi connectivity index (χ2n) is 14.9. The van der Waals surface area contributed by atoms with E-state index in [1.807, 2.05) is 61.5 Å². The summed E-state index contributed by atoms with van der Waals surface area (Å²) in [5.74, 6) is 0.931. The maximum atomic E-state index is 14.4. The molecular formula is C42H46ClNO4. The molecule has 3 aromatic carbocycles. The van der Waals surface area contributed by atoms with Gasteiger partial charge in [0.2, 0.25) is 0 Å². The third kappa shape index (κ3) is 6.75. The van der Waals surface area contributed by atoms with Gasteiger partial charge in [-0.25, -0.2) is 0 Å². The monoisotopic (exact) mass is 663 g/mol. The molecule has 0 radical (unpaired) electrons. The van der Waals surface area contributed by atoms with Gasteiger partial charge in [0, 0.05) is 64.0 Å². The molecule has 2 aliphatic carbocycles. The Kier molecular flexibility index (Phi) is 9.46. The molecule has 3 aliphatic rings. The number of ketones is 2. The van der Waals surface area contributed by atoms with Crippen LogP contribution in [0.2, 0.25) is 5.02 Å². The molecule has 0 aromatic heterocycles. The van der Waals surface area contributed by atoms with Crippen molar-refractivity contribution >= 4 is 23.2 Å². The molecule has 1 heterocycles. The normalized spacial score (nSPS) is 18.8. The van der Waals surface area contributed by atoms with Gasteiger partial charge in [-0.15, -0.1) is 6.58 Å². The Hall–Kier alpha value is -4.09. The van der Waals surface area contributed by atoms with Crippen molar-refractivity contribution in [3.05, 3.63) is 129 Å². The lowest BCUT2D eigenvalue weighted by atomic mass is 9.63. The number of carbonyl (C=O) groups is 2. The number of allylic oxidation sites excluding steroid dienone is 5. The van der Waals surface area contributed by atoms with Gasteiger partial charge in [0.1, 0.15) is 6.61 Å². The van der Waals surface area contributed by atoms with E-state index < -0.39 is 5.92 Å². The standard InChI is InChI=1S/C42H46ClNO4/c1-7-14-28-19-30(20-36(47-8-2)40(28)48-26-29-17-12-13-18-31(29)43)37-38-32(21-41(3,4)23-34(38)45)44(25-27-15-10-9-11-16-27)33-22-42(5,6)24-35(46)39(33)37/h7,9-13,15-20,37H,1,8,14,21-26H2,2-6H3. The van der Waals surface area contributed by atoms with Crippen molar-refractivity contribution in [2.24, 2.45) is 10.8 Å². The number of hydrogen-bond acceptors (Lipinski definition) is 5. The zero-order chi connectivity index (χ0) is 34.2. The zero-order valence-electron chi connectivity index (χ0n) is 28.8. The second-order valence-corrected chi connectivity index (χ2v) is 15.3. The number of Topliss-reactive ketones (excluding diaryl/α,β-unsaturated/α-hetero) is 2. The maximum Gasteiger partial charge on any atom is 0.165 e. The Bertz CT molecular complexity index is 1760. The van der Waals surface area contributed by atoms with Gasteiger partial charge in [0.05, 0.1) is 6.61 Å². The van der Waals surface area contributed by atoms with E-state index in [4.69, 9.17) is 21.1 Å². The predicted molar refractivity (Wildman–Crippen MR) is 192 cm³/mol. The summed E-state index contributed by atoms with van der Waals surface area (Å²) in [6.07, 6.45) is 4.73. The summed E-state index contributed by atoms with van der Waals surface area (Å²) in [4.78, 5) is 31.1. The van der Waals surface area contributed by atoms with E-state index in [1.165, 1.54) is 0 Å². The van der Waals surface area contributed by atoms with Gasteiger partial charge in [-0.1, -0.05) is 100.0 Å². The first kappa shape index (κ1) is 33.8. The molecule has 6 heteroatoms. The number of halogens is 1. The Labute approximate surface area is 290 Å². The SMILES string of the molecule is C=CCc1cc(C2C3=C(CC(C)(C)CC3=O)N(Cc3ccccc3)C3=C2C(=O)CC(C)(C)C3)cc(OCC)c1OCc1ccccc1Cl. The Balaban J connectivity index is 1.55. The summed E-state index contributed by atoms with van der Waals surface area (Å²) in [6, 6.07) is 22.1. The first-order valence-corrected chi connectivity index (χ1v) is 17.4. The average Bonchev–Trinajstić information content (AvgIpc) is 3.01. The van der Waals surface area contributed by atoms with Crippen molar-refractivity contribution < 1.29 is 19.1 Å². The minimum atomic E-state index is -0.491. The molecule has 6 rings (SSSR count). The van der Waals surface area contributed by atoms with Crippen LogP contribution < -0.4 is 9.47 Å². The van der Waals surface area contributed by atoms with Crippen molar-refractivity contribution in [2.45, 2.75) is 85.8 Å². The molecule has 0 amide bonds. The molecule has 1 aliphatic heterocycles. The van der Waals surface area contributed by atoms with Gasteiger partial charge in [-0.05, 0) is 60.3 Å². The fourth-order valence-corrected chi connectivity index (χ4v) is 7.88. The summed E-state index contributed by atoms with van der Waals surface area (Å²) >= 11 is 6.47. The minimum Gasteiger partial charge on any atom is -0.490 e. The minimum absolute atomic E-state index is 0.107. The van der Waals surface area contributed by atoms with Crippen LogP contribution in [0.1, 0.15) is 88.5 Å². The highest BCUT2D eigenvalue weighted by molar-refractivity contribution is 6.31. The molecule has 0 fully saturated rings. The number of ether oxygens (including phenoxy) is 2. The first-order valence-electron chi connectivity index (χ1n) is 17.0. The average molecular weight is 664 g/mol. The van der Waals surface area contributed by atoms with Crippen LogP contribution in [0.5, 0.6) is 11.5 Å². The van der Waals surface area contributed by atoms with Crippen LogP contribution in [0.4, 0.5) is 0 Å². The van der Waals surface area contributed by atoms with Gasteiger partial charge >= 0.3 is 0 Å². The zero-order valence-corrected chi connectivity index (χ0v) is 29.6. The highest BCUT2D eigenvalue weighted by Gasteiger charge is 2.49. The van der Waals surface area contributed by atoms with E-state index in [-0.39, 0.29) is 29.0 Å². The number of nitrogens with zero attached hydrogens (tertiary/aromatic N) is 1. The van der Waals surface area contributed by atoms with Crippen LogP contribution in [0, 0.1) is 10.8 Å². The quantitative estimate of drug-likeness (QED) is 0.202. The fourth-order valence-electron chi connectivity index (χ4n) is 7.69. The number of rotatable bonds is 10. The van der Waals surface area contributed by atoms with Gasteiger partial charge in [-0.3, -0.25) is 9.59 Å². The summed E-state index contributed by atoms with van der Waals surface area (Å²) in [7, 11) is 0. The molecule has 0 saturated heterocycles. The maximum absolute atomic E-state index is 14.4. The molecule has 5 nitrogen and oxygen atoms in total. The van der Waals surface area contributed by atoms with Gasteiger partial charge in [-0.2, -0.15) is 0 Å². The van der Waals surface area contributed by atoms with Crippen molar-refractivity contribution in [3.63, 3.8) is 0 Å². The van der Waals surface area contributed by atoms with Crippen molar-refractivity contribution in [1.82, 2.24) is 4.90 Å². The summed E-state index contributed by atoms with van der Waals surface area (Å²) in [5.41, 5.74) is 6.94.